The van der Waals surface area contributed by atoms with E-state index >= 15 is 0 Å². The molecule has 0 amide bonds. The predicted octanol–water partition coefficient (Wildman–Crippen LogP) is 3.58. The molecule has 0 spiro atoms. The lowest BCUT2D eigenvalue weighted by Gasteiger charge is -2.16. The van der Waals surface area contributed by atoms with Crippen LogP contribution in [-0.4, -0.2) is 13.9 Å². The number of hydrogen-bond acceptors (Lipinski definition) is 3. The van der Waals surface area contributed by atoms with Crippen LogP contribution in [0.25, 0.3) is 0 Å². The molecule has 1 atom stereocenters. The molecule has 1 heterocycles. The second-order valence-corrected chi connectivity index (χ2v) is 4.58. The zero-order chi connectivity index (χ0) is 13.2. The van der Waals surface area contributed by atoms with Gasteiger partial charge in [0.15, 0.2) is 11.5 Å². The van der Waals surface area contributed by atoms with Crippen molar-refractivity contribution < 1.29 is 14.2 Å². The van der Waals surface area contributed by atoms with E-state index in [1.54, 1.807) is 7.11 Å². The first-order valence-electron chi connectivity index (χ1n) is 6.32. The van der Waals surface area contributed by atoms with Gasteiger partial charge in [0.2, 0.25) is 6.79 Å². The van der Waals surface area contributed by atoms with Crippen LogP contribution < -0.4 is 14.2 Å². The third-order valence-corrected chi connectivity index (χ3v) is 3.49. The topological polar surface area (TPSA) is 27.7 Å². The molecule has 1 aliphatic rings. The maximum atomic E-state index is 5.48. The second kappa shape index (κ2) is 4.84. The largest absolute Gasteiger partial charge is 0.496 e. The summed E-state index contributed by atoms with van der Waals surface area (Å²) in [5, 5.41) is 0. The number of rotatable bonds is 3. The van der Waals surface area contributed by atoms with Crippen molar-refractivity contribution in [2.24, 2.45) is 0 Å². The molecule has 0 aromatic heterocycles. The molecule has 0 fully saturated rings. The van der Waals surface area contributed by atoms with Gasteiger partial charge in [0.25, 0.3) is 0 Å². The quantitative estimate of drug-likeness (QED) is 0.840. The summed E-state index contributed by atoms with van der Waals surface area (Å²) in [6.07, 6.45) is 0. The molecule has 3 rings (SSSR count). The van der Waals surface area contributed by atoms with Crippen molar-refractivity contribution in [3.8, 4) is 17.2 Å². The zero-order valence-electron chi connectivity index (χ0n) is 11.1. The smallest absolute Gasteiger partial charge is 0.231 e. The van der Waals surface area contributed by atoms with Crippen LogP contribution in [0.4, 0.5) is 0 Å². The van der Waals surface area contributed by atoms with E-state index in [1.165, 1.54) is 5.56 Å². The Hall–Kier alpha value is -2.16. The summed E-state index contributed by atoms with van der Waals surface area (Å²) in [5.41, 5.74) is 2.36. The van der Waals surface area contributed by atoms with Gasteiger partial charge in [-0.3, -0.25) is 0 Å². The monoisotopic (exact) mass is 256 g/mol. The maximum Gasteiger partial charge on any atom is 0.231 e. The number of ether oxygens (including phenoxy) is 3. The van der Waals surface area contributed by atoms with Crippen molar-refractivity contribution in [2.75, 3.05) is 13.9 Å². The van der Waals surface area contributed by atoms with Crippen LogP contribution in [0.15, 0.2) is 42.5 Å². The van der Waals surface area contributed by atoms with Gasteiger partial charge < -0.3 is 14.2 Å². The Kier molecular flexibility index (Phi) is 3.03. The highest BCUT2D eigenvalue weighted by molar-refractivity contribution is 5.54. The standard InChI is InChI=1S/C16H16O3/c1-11(12-6-4-3-5-7-12)13-8-15-16(19-10-18-15)9-14(13)17-2/h3-9,11H,10H2,1-2H3/t11-/m0/s1. The van der Waals surface area contributed by atoms with Crippen LogP contribution in [-0.2, 0) is 0 Å². The number of hydrogen-bond donors (Lipinski definition) is 0. The maximum absolute atomic E-state index is 5.48. The third-order valence-electron chi connectivity index (χ3n) is 3.49. The molecule has 0 N–H and O–H groups in total. The third kappa shape index (κ3) is 2.12. The van der Waals surface area contributed by atoms with E-state index in [9.17, 15) is 0 Å². The van der Waals surface area contributed by atoms with Gasteiger partial charge in [-0.1, -0.05) is 37.3 Å². The molecule has 1 aliphatic heterocycles. The fraction of sp³-hybridized carbons (Fsp3) is 0.250. The van der Waals surface area contributed by atoms with E-state index in [0.29, 0.717) is 0 Å². The Morgan fingerprint density at radius 1 is 1.05 bits per heavy atom. The molecule has 3 heteroatoms. The molecule has 0 radical (unpaired) electrons. The van der Waals surface area contributed by atoms with E-state index in [2.05, 4.69) is 19.1 Å². The first-order valence-corrected chi connectivity index (χ1v) is 6.32. The molecule has 3 nitrogen and oxygen atoms in total. The van der Waals surface area contributed by atoms with Gasteiger partial charge in [0.1, 0.15) is 5.75 Å². The van der Waals surface area contributed by atoms with Gasteiger partial charge >= 0.3 is 0 Å². The van der Waals surface area contributed by atoms with Gasteiger partial charge in [-0.05, 0) is 11.6 Å². The molecule has 19 heavy (non-hydrogen) atoms. The highest BCUT2D eigenvalue weighted by atomic mass is 16.7. The minimum Gasteiger partial charge on any atom is -0.496 e. The van der Waals surface area contributed by atoms with Crippen LogP contribution in [0.2, 0.25) is 0 Å². The normalized spacial score (nSPS) is 14.2. The Morgan fingerprint density at radius 2 is 1.74 bits per heavy atom. The van der Waals surface area contributed by atoms with E-state index in [-0.39, 0.29) is 12.7 Å². The molecule has 0 saturated carbocycles. The molecule has 0 aliphatic carbocycles. The lowest BCUT2D eigenvalue weighted by atomic mass is 9.92. The van der Waals surface area contributed by atoms with Gasteiger partial charge in [0, 0.05) is 17.5 Å². The van der Waals surface area contributed by atoms with Crippen LogP contribution >= 0.6 is 0 Å². The summed E-state index contributed by atoms with van der Waals surface area (Å²) in [4.78, 5) is 0. The Bertz CT molecular complexity index is 578. The first-order chi connectivity index (χ1) is 9.29. The van der Waals surface area contributed by atoms with Gasteiger partial charge in [-0.15, -0.1) is 0 Å². The van der Waals surface area contributed by atoms with Crippen molar-refractivity contribution in [2.45, 2.75) is 12.8 Å². The van der Waals surface area contributed by atoms with E-state index in [4.69, 9.17) is 14.2 Å². The number of benzene rings is 2. The molecular formula is C16H16O3. The second-order valence-electron chi connectivity index (χ2n) is 4.58. The summed E-state index contributed by atoms with van der Waals surface area (Å²) >= 11 is 0. The Labute approximate surface area is 112 Å². The average molecular weight is 256 g/mol. The first kappa shape index (κ1) is 11.9. The van der Waals surface area contributed by atoms with Crippen molar-refractivity contribution in [3.63, 3.8) is 0 Å². The summed E-state index contributed by atoms with van der Waals surface area (Å²) < 4.78 is 16.3. The van der Waals surface area contributed by atoms with E-state index in [0.717, 1.165) is 22.8 Å². The molecule has 98 valence electrons. The van der Waals surface area contributed by atoms with Crippen molar-refractivity contribution >= 4 is 0 Å². The highest BCUT2D eigenvalue weighted by Gasteiger charge is 2.21. The summed E-state index contributed by atoms with van der Waals surface area (Å²) in [6.45, 7) is 2.44. The number of fused-ring (bicyclic) bond motifs is 1. The lowest BCUT2D eigenvalue weighted by molar-refractivity contribution is 0.174. The van der Waals surface area contributed by atoms with Crippen molar-refractivity contribution in [3.05, 3.63) is 53.6 Å². The molecule has 0 unspecified atom stereocenters. The average Bonchev–Trinajstić information content (AvgIpc) is 2.93. The molecule has 2 aromatic carbocycles. The van der Waals surface area contributed by atoms with Crippen molar-refractivity contribution in [1.82, 2.24) is 0 Å². The Morgan fingerprint density at radius 3 is 2.42 bits per heavy atom. The highest BCUT2D eigenvalue weighted by Crippen LogP contribution is 2.42. The molecule has 2 aromatic rings. The Balaban J connectivity index is 2.04. The summed E-state index contributed by atoms with van der Waals surface area (Å²) in [7, 11) is 1.68. The van der Waals surface area contributed by atoms with Gasteiger partial charge in [0.05, 0.1) is 7.11 Å². The van der Waals surface area contributed by atoms with Crippen LogP contribution in [0.1, 0.15) is 24.0 Å². The van der Waals surface area contributed by atoms with Gasteiger partial charge in [-0.2, -0.15) is 0 Å². The fourth-order valence-electron chi connectivity index (χ4n) is 2.38. The van der Waals surface area contributed by atoms with Gasteiger partial charge in [-0.25, -0.2) is 0 Å². The zero-order valence-corrected chi connectivity index (χ0v) is 11.1. The summed E-state index contributed by atoms with van der Waals surface area (Å²) in [5.74, 6) is 2.62. The molecular weight excluding hydrogens is 240 g/mol. The lowest BCUT2D eigenvalue weighted by Crippen LogP contribution is -1.99. The van der Waals surface area contributed by atoms with Crippen LogP contribution in [0, 0.1) is 0 Å². The fourth-order valence-corrected chi connectivity index (χ4v) is 2.38. The summed E-state index contributed by atoms with van der Waals surface area (Å²) in [6, 6.07) is 14.3. The van der Waals surface area contributed by atoms with E-state index < -0.39 is 0 Å². The minimum atomic E-state index is 0.241. The SMILES string of the molecule is COc1cc2c(cc1[C@@H](C)c1ccccc1)OCO2. The van der Waals surface area contributed by atoms with Crippen molar-refractivity contribution in [1.29, 1.82) is 0 Å². The minimum absolute atomic E-state index is 0.241. The van der Waals surface area contributed by atoms with E-state index in [1.807, 2.05) is 30.3 Å². The number of methoxy groups -OCH3 is 1. The molecule has 0 bridgehead atoms. The predicted molar refractivity (Wildman–Crippen MR) is 73.1 cm³/mol. The van der Waals surface area contributed by atoms with Crippen LogP contribution in [0.3, 0.4) is 0 Å². The van der Waals surface area contributed by atoms with Crippen LogP contribution in [0.5, 0.6) is 17.2 Å². The molecule has 0 saturated heterocycles.